The first-order valence-electron chi connectivity index (χ1n) is 11.5. The summed E-state index contributed by atoms with van der Waals surface area (Å²) in [4.78, 5) is 55.4. The minimum Gasteiger partial charge on any atom is -0.444 e. The summed E-state index contributed by atoms with van der Waals surface area (Å²) in [7, 11) is 0. The van der Waals surface area contributed by atoms with Crippen molar-refractivity contribution in [2.45, 2.75) is 97.9 Å². The first-order chi connectivity index (χ1) is 14.3. The molecule has 1 aliphatic carbocycles. The molecule has 2 aliphatic heterocycles. The molecule has 1 saturated carbocycles. The Morgan fingerprint density at radius 2 is 1.71 bits per heavy atom. The highest BCUT2D eigenvalue weighted by Gasteiger charge is 2.67. The maximum absolute atomic E-state index is 13.6. The zero-order valence-corrected chi connectivity index (χ0v) is 19.9. The Hall–Kier alpha value is -2.12. The number of fused-ring (bicyclic) bond motifs is 2. The number of ether oxygens (including phenoxy) is 1. The third-order valence-electron chi connectivity index (χ3n) is 6.77. The minimum atomic E-state index is -0.754. The van der Waals surface area contributed by atoms with Gasteiger partial charge in [-0.25, -0.2) is 4.79 Å². The van der Waals surface area contributed by atoms with Crippen molar-refractivity contribution in [3.63, 3.8) is 0 Å². The number of hydrogen-bond donors (Lipinski definition) is 1. The van der Waals surface area contributed by atoms with Gasteiger partial charge in [-0.2, -0.15) is 0 Å². The molecule has 2 saturated heterocycles. The summed E-state index contributed by atoms with van der Waals surface area (Å²) in [6, 6.07) is -1.35. The number of imide groups is 1. The Morgan fingerprint density at radius 3 is 2.16 bits per heavy atom. The summed E-state index contributed by atoms with van der Waals surface area (Å²) in [5.74, 6) is -0.911. The highest BCUT2D eigenvalue weighted by atomic mass is 16.6. The molecule has 0 bridgehead atoms. The van der Waals surface area contributed by atoms with Crippen LogP contribution in [0.4, 0.5) is 4.79 Å². The van der Waals surface area contributed by atoms with E-state index in [2.05, 4.69) is 5.32 Å². The van der Waals surface area contributed by atoms with Crippen LogP contribution in [0.5, 0.6) is 0 Å². The molecule has 8 heteroatoms. The highest BCUT2D eigenvalue weighted by Crippen LogP contribution is 2.56. The van der Waals surface area contributed by atoms with E-state index in [1.54, 1.807) is 39.5 Å². The first kappa shape index (κ1) is 23.5. The van der Waals surface area contributed by atoms with E-state index < -0.39 is 23.2 Å². The second-order valence-electron chi connectivity index (χ2n) is 10.9. The number of likely N-dealkylation sites (tertiary alicyclic amines) is 2. The molecular formula is C23H37N3O5. The molecule has 31 heavy (non-hydrogen) atoms. The number of carbonyl (C=O) groups is 4. The predicted octanol–water partition coefficient (Wildman–Crippen LogP) is 2.70. The van der Waals surface area contributed by atoms with Gasteiger partial charge in [0.2, 0.25) is 17.7 Å². The number of rotatable bonds is 4. The van der Waals surface area contributed by atoms with Crippen LogP contribution >= 0.6 is 0 Å². The van der Waals surface area contributed by atoms with Crippen LogP contribution in [0, 0.1) is 17.3 Å². The number of carbonyl (C=O) groups excluding carboxylic acids is 4. The number of nitrogens with one attached hydrogen (secondary N) is 1. The van der Waals surface area contributed by atoms with Crippen LogP contribution in [0.3, 0.4) is 0 Å². The minimum absolute atomic E-state index is 0.119. The van der Waals surface area contributed by atoms with Crippen LogP contribution in [0.2, 0.25) is 0 Å². The standard InChI is InChI=1S/C23H37N3O5/c1-13(2)16(24-21(30)31-22(5,6)7)19(28)25-12-9-15-17(25)23(10-8-11-23)20(29)26(15)18(27)14(3)4/h13-17H,8-12H2,1-7H3,(H,24,30)/t15-,16-,17-/m0/s1. The van der Waals surface area contributed by atoms with Crippen molar-refractivity contribution in [3.8, 4) is 0 Å². The number of nitrogens with zero attached hydrogens (tertiary/aromatic N) is 2. The molecule has 0 aromatic rings. The fourth-order valence-electron chi connectivity index (χ4n) is 5.21. The molecule has 0 aromatic heterocycles. The fourth-order valence-corrected chi connectivity index (χ4v) is 5.21. The summed E-state index contributed by atoms with van der Waals surface area (Å²) in [5, 5.41) is 2.74. The van der Waals surface area contributed by atoms with Gasteiger partial charge in [0.1, 0.15) is 11.6 Å². The maximum Gasteiger partial charge on any atom is 0.408 e. The normalized spacial score (nSPS) is 25.6. The van der Waals surface area contributed by atoms with Gasteiger partial charge in [0.25, 0.3) is 0 Å². The molecule has 3 atom stereocenters. The third-order valence-corrected chi connectivity index (χ3v) is 6.77. The molecule has 174 valence electrons. The Morgan fingerprint density at radius 1 is 1.10 bits per heavy atom. The van der Waals surface area contributed by atoms with Crippen molar-refractivity contribution in [2.75, 3.05) is 6.54 Å². The van der Waals surface area contributed by atoms with E-state index in [4.69, 9.17) is 4.74 Å². The number of amides is 4. The summed E-state index contributed by atoms with van der Waals surface area (Å²) in [6.45, 7) is 13.1. The first-order valence-corrected chi connectivity index (χ1v) is 11.5. The zero-order chi connectivity index (χ0) is 23.3. The Balaban J connectivity index is 1.85. The van der Waals surface area contributed by atoms with E-state index in [1.165, 1.54) is 4.90 Å². The fraction of sp³-hybridized carbons (Fsp3) is 0.826. The molecule has 8 nitrogen and oxygen atoms in total. The lowest BCUT2D eigenvalue weighted by atomic mass is 9.64. The van der Waals surface area contributed by atoms with Crippen molar-refractivity contribution < 1.29 is 23.9 Å². The molecule has 0 unspecified atom stereocenters. The number of alkyl carbamates (subject to hydrolysis) is 1. The van der Waals surface area contributed by atoms with Crippen molar-refractivity contribution in [2.24, 2.45) is 17.3 Å². The van der Waals surface area contributed by atoms with E-state index >= 15 is 0 Å². The average Bonchev–Trinajstić information content (AvgIpc) is 3.11. The number of hydrogen-bond acceptors (Lipinski definition) is 5. The van der Waals surface area contributed by atoms with Crippen LogP contribution in [-0.4, -0.2) is 63.9 Å². The molecule has 1 N–H and O–H groups in total. The van der Waals surface area contributed by atoms with E-state index in [9.17, 15) is 19.2 Å². The van der Waals surface area contributed by atoms with E-state index in [1.807, 2.05) is 13.8 Å². The van der Waals surface area contributed by atoms with E-state index in [0.29, 0.717) is 25.8 Å². The van der Waals surface area contributed by atoms with Gasteiger partial charge in [-0.15, -0.1) is 0 Å². The highest BCUT2D eigenvalue weighted by molar-refractivity contribution is 6.03. The zero-order valence-electron chi connectivity index (χ0n) is 19.9. The van der Waals surface area contributed by atoms with Gasteiger partial charge in [-0.05, 0) is 46.0 Å². The second kappa shape index (κ2) is 8.10. The van der Waals surface area contributed by atoms with Crippen LogP contribution in [0.15, 0.2) is 0 Å². The van der Waals surface area contributed by atoms with Crippen molar-refractivity contribution in [1.82, 2.24) is 15.1 Å². The molecule has 3 fully saturated rings. The monoisotopic (exact) mass is 435 g/mol. The molecule has 0 aromatic carbocycles. The SMILES string of the molecule is CC(C)C(=O)N1C(=O)C2(CCC2)[C@@H]2[C@@H]1CCN2C(=O)[C@@H](NC(=O)OC(C)(C)C)C(C)C. The molecule has 4 amide bonds. The van der Waals surface area contributed by atoms with Crippen molar-refractivity contribution in [1.29, 1.82) is 0 Å². The lowest BCUT2D eigenvalue weighted by Gasteiger charge is -2.44. The van der Waals surface area contributed by atoms with Crippen LogP contribution in [0.25, 0.3) is 0 Å². The van der Waals surface area contributed by atoms with Gasteiger partial charge < -0.3 is 15.0 Å². The largest absolute Gasteiger partial charge is 0.444 e. The van der Waals surface area contributed by atoms with Gasteiger partial charge in [0, 0.05) is 12.5 Å². The van der Waals surface area contributed by atoms with Gasteiger partial charge >= 0.3 is 6.09 Å². The lowest BCUT2D eigenvalue weighted by molar-refractivity contribution is -0.153. The van der Waals surface area contributed by atoms with Gasteiger partial charge in [0.05, 0.1) is 17.5 Å². The predicted molar refractivity (Wildman–Crippen MR) is 115 cm³/mol. The second-order valence-corrected chi connectivity index (χ2v) is 10.9. The average molecular weight is 436 g/mol. The quantitative estimate of drug-likeness (QED) is 0.732. The summed E-state index contributed by atoms with van der Waals surface area (Å²) in [6.07, 6.45) is 2.27. The van der Waals surface area contributed by atoms with Crippen LogP contribution < -0.4 is 5.32 Å². The van der Waals surface area contributed by atoms with Gasteiger partial charge in [0.15, 0.2) is 0 Å². The molecule has 3 rings (SSSR count). The van der Waals surface area contributed by atoms with Crippen LogP contribution in [-0.2, 0) is 19.1 Å². The topological polar surface area (TPSA) is 96.0 Å². The van der Waals surface area contributed by atoms with Crippen LogP contribution in [0.1, 0.15) is 74.1 Å². The van der Waals surface area contributed by atoms with Crippen molar-refractivity contribution in [3.05, 3.63) is 0 Å². The molecule has 3 aliphatic rings. The summed E-state index contributed by atoms with van der Waals surface area (Å²) in [5.41, 5.74) is -1.33. The Kier molecular flexibility index (Phi) is 6.15. The van der Waals surface area contributed by atoms with E-state index in [0.717, 1.165) is 6.42 Å². The lowest BCUT2D eigenvalue weighted by Crippen LogP contribution is -2.58. The smallest absolute Gasteiger partial charge is 0.408 e. The maximum atomic E-state index is 13.6. The summed E-state index contributed by atoms with van der Waals surface area (Å²) < 4.78 is 5.36. The Bertz CT molecular complexity index is 766. The van der Waals surface area contributed by atoms with Gasteiger partial charge in [-0.1, -0.05) is 34.1 Å². The third kappa shape index (κ3) is 4.05. The van der Waals surface area contributed by atoms with Gasteiger partial charge in [-0.3, -0.25) is 19.3 Å². The molecule has 2 heterocycles. The summed E-state index contributed by atoms with van der Waals surface area (Å²) >= 11 is 0. The van der Waals surface area contributed by atoms with Crippen molar-refractivity contribution >= 4 is 23.8 Å². The van der Waals surface area contributed by atoms with E-state index in [-0.39, 0.29) is 41.6 Å². The Labute approximate surface area is 185 Å². The molecule has 0 radical (unpaired) electrons. The molecule has 1 spiro atoms. The molecular weight excluding hydrogens is 398 g/mol.